The molecule has 0 saturated carbocycles. The maximum absolute atomic E-state index is 12.7. The molecule has 2 rings (SSSR count). The fourth-order valence-electron chi connectivity index (χ4n) is 3.24. The van der Waals surface area contributed by atoms with Gasteiger partial charge in [-0.1, -0.05) is 13.8 Å². The number of phenolic OH excluding ortho intramolecular Hbond substituents is 1. The number of rotatable bonds is 7. The number of hydrogen-bond acceptors (Lipinski definition) is 5. The van der Waals surface area contributed by atoms with Crippen molar-refractivity contribution >= 4 is 17.8 Å². The summed E-state index contributed by atoms with van der Waals surface area (Å²) in [5.41, 5.74) is 1.22. The van der Waals surface area contributed by atoms with Crippen LogP contribution in [0.1, 0.15) is 53.7 Å². The Kier molecular flexibility index (Phi) is 5.54. The predicted molar refractivity (Wildman–Crippen MR) is 91.6 cm³/mol. The third kappa shape index (κ3) is 3.49. The fraction of sp³-hybridized carbons (Fsp3) is 0.389. The highest BCUT2D eigenvalue weighted by Gasteiger charge is 2.34. The number of aliphatic carboxylic acids is 2. The minimum absolute atomic E-state index is 0.000404. The van der Waals surface area contributed by atoms with Gasteiger partial charge >= 0.3 is 11.9 Å². The van der Waals surface area contributed by atoms with Gasteiger partial charge in [-0.15, -0.1) is 0 Å². The number of nitrogens with one attached hydrogen (secondary N) is 1. The Morgan fingerprint density at radius 1 is 1.19 bits per heavy atom. The minimum Gasteiger partial charge on any atom is -0.504 e. The number of carboxylic acid groups (broad SMARTS) is 2. The molecule has 4 N–H and O–H groups in total. The van der Waals surface area contributed by atoms with E-state index < -0.39 is 23.5 Å². The fourth-order valence-corrected chi connectivity index (χ4v) is 3.24. The average molecular weight is 363 g/mol. The van der Waals surface area contributed by atoms with Crippen LogP contribution >= 0.6 is 0 Å². The number of carbonyl (C=O) groups excluding carboxylic acids is 1. The number of ether oxygens (including phenoxy) is 1. The topological polar surface area (TPSA) is 133 Å². The van der Waals surface area contributed by atoms with E-state index in [-0.39, 0.29) is 29.6 Å². The molecule has 1 aliphatic carbocycles. The summed E-state index contributed by atoms with van der Waals surface area (Å²) in [6.07, 6.45) is 1.40. The number of fused-ring (bicyclic) bond motifs is 2. The van der Waals surface area contributed by atoms with Crippen molar-refractivity contribution in [3.63, 3.8) is 0 Å². The first kappa shape index (κ1) is 19.3. The SMILES string of the molecule is CCOc1c(O)c(C(C)C)c2c(C(=O)N/C(=C\C(=O)O)C(=O)O)c1CC2. The normalized spacial score (nSPS) is 13.0. The van der Waals surface area contributed by atoms with E-state index in [0.717, 1.165) is 0 Å². The summed E-state index contributed by atoms with van der Waals surface area (Å²) in [7, 11) is 0. The van der Waals surface area contributed by atoms with Gasteiger partial charge in [0.15, 0.2) is 11.5 Å². The zero-order chi connectivity index (χ0) is 19.6. The van der Waals surface area contributed by atoms with Crippen LogP contribution < -0.4 is 10.1 Å². The van der Waals surface area contributed by atoms with Crippen LogP contribution in [0.25, 0.3) is 0 Å². The van der Waals surface area contributed by atoms with Crippen LogP contribution in [0, 0.1) is 0 Å². The maximum Gasteiger partial charge on any atom is 0.352 e. The second-order valence-corrected chi connectivity index (χ2v) is 6.17. The van der Waals surface area contributed by atoms with Crippen molar-refractivity contribution in [1.29, 1.82) is 0 Å². The molecule has 26 heavy (non-hydrogen) atoms. The molecule has 0 saturated heterocycles. The van der Waals surface area contributed by atoms with E-state index in [1.54, 1.807) is 6.92 Å². The maximum atomic E-state index is 12.7. The van der Waals surface area contributed by atoms with E-state index in [0.29, 0.717) is 35.6 Å². The molecule has 0 aliphatic heterocycles. The Morgan fingerprint density at radius 2 is 1.81 bits per heavy atom. The monoisotopic (exact) mass is 363 g/mol. The number of amides is 1. The van der Waals surface area contributed by atoms with E-state index in [9.17, 15) is 19.5 Å². The molecule has 0 spiro atoms. The zero-order valence-corrected chi connectivity index (χ0v) is 14.8. The number of carbonyl (C=O) groups is 3. The summed E-state index contributed by atoms with van der Waals surface area (Å²) in [5, 5.41) is 30.5. The highest BCUT2D eigenvalue weighted by molar-refractivity contribution is 6.05. The van der Waals surface area contributed by atoms with Crippen LogP contribution in [-0.2, 0) is 22.4 Å². The molecule has 0 aromatic heterocycles. The van der Waals surface area contributed by atoms with Crippen LogP contribution in [0.4, 0.5) is 0 Å². The van der Waals surface area contributed by atoms with Gasteiger partial charge in [-0.3, -0.25) is 4.79 Å². The summed E-state index contributed by atoms with van der Waals surface area (Å²) in [6.45, 7) is 5.78. The molecule has 8 heteroatoms. The molecule has 0 fully saturated rings. The Balaban J connectivity index is 2.58. The zero-order valence-electron chi connectivity index (χ0n) is 14.8. The molecule has 2 bridgehead atoms. The van der Waals surface area contributed by atoms with Gasteiger partial charge in [-0.2, -0.15) is 0 Å². The second-order valence-electron chi connectivity index (χ2n) is 6.17. The molecule has 0 atom stereocenters. The molecule has 0 unspecified atom stereocenters. The largest absolute Gasteiger partial charge is 0.504 e. The highest BCUT2D eigenvalue weighted by atomic mass is 16.5. The van der Waals surface area contributed by atoms with Crippen molar-refractivity contribution < 1.29 is 34.4 Å². The molecule has 1 aromatic rings. The summed E-state index contributed by atoms with van der Waals surface area (Å²) in [6, 6.07) is 0. The summed E-state index contributed by atoms with van der Waals surface area (Å²) in [4.78, 5) is 34.7. The number of phenols is 1. The number of carboxylic acids is 2. The quantitative estimate of drug-likeness (QED) is 0.543. The van der Waals surface area contributed by atoms with E-state index in [1.807, 2.05) is 13.8 Å². The first-order valence-electron chi connectivity index (χ1n) is 8.21. The van der Waals surface area contributed by atoms with E-state index in [4.69, 9.17) is 14.9 Å². The van der Waals surface area contributed by atoms with Crippen LogP contribution in [0.5, 0.6) is 11.5 Å². The lowest BCUT2D eigenvalue weighted by molar-refractivity contribution is -0.135. The van der Waals surface area contributed by atoms with E-state index in [2.05, 4.69) is 5.32 Å². The van der Waals surface area contributed by atoms with Crippen molar-refractivity contribution in [2.45, 2.75) is 39.5 Å². The van der Waals surface area contributed by atoms with E-state index in [1.165, 1.54) is 0 Å². The lowest BCUT2D eigenvalue weighted by Gasteiger charge is -2.19. The van der Waals surface area contributed by atoms with Gasteiger partial charge in [0.25, 0.3) is 5.91 Å². The van der Waals surface area contributed by atoms with Crippen molar-refractivity contribution in [3.05, 3.63) is 34.0 Å². The van der Waals surface area contributed by atoms with Crippen molar-refractivity contribution in [3.8, 4) is 11.5 Å². The van der Waals surface area contributed by atoms with Crippen molar-refractivity contribution in [2.24, 2.45) is 0 Å². The second kappa shape index (κ2) is 7.47. The van der Waals surface area contributed by atoms with Gasteiger partial charge in [-0.05, 0) is 31.2 Å². The molecule has 1 aliphatic rings. The molecule has 0 radical (unpaired) electrons. The third-order valence-corrected chi connectivity index (χ3v) is 4.14. The Hall–Kier alpha value is -3.03. The number of aromatic hydroxyl groups is 1. The van der Waals surface area contributed by atoms with Crippen molar-refractivity contribution in [1.82, 2.24) is 5.32 Å². The van der Waals surface area contributed by atoms with Gasteiger partial charge in [0.2, 0.25) is 0 Å². The molecule has 140 valence electrons. The smallest absolute Gasteiger partial charge is 0.352 e. The van der Waals surface area contributed by atoms with E-state index >= 15 is 0 Å². The Bertz CT molecular complexity index is 808. The standard InChI is InChI=1S/C18H21NO7/c1-4-26-16-10-6-5-9(13(8(2)3)15(16)22)14(10)17(23)19-11(18(24)25)7-12(20)21/h7-8,22H,4-6H2,1-3H3,(H,19,23)(H,20,21)(H,24,25)/b11-7-. The lowest BCUT2D eigenvalue weighted by atomic mass is 9.92. The van der Waals surface area contributed by atoms with Gasteiger partial charge < -0.3 is 25.4 Å². The first-order chi connectivity index (χ1) is 12.2. The lowest BCUT2D eigenvalue weighted by Crippen LogP contribution is -2.29. The number of benzene rings is 1. The minimum atomic E-state index is -1.56. The molecular weight excluding hydrogens is 342 g/mol. The molecule has 1 amide bonds. The van der Waals surface area contributed by atoms with Crippen LogP contribution in [0.3, 0.4) is 0 Å². The number of hydrogen-bond donors (Lipinski definition) is 4. The molecule has 0 heterocycles. The van der Waals surface area contributed by atoms with Gasteiger partial charge in [-0.25, -0.2) is 9.59 Å². The third-order valence-electron chi connectivity index (χ3n) is 4.14. The Labute approximate surface area is 150 Å². The summed E-state index contributed by atoms with van der Waals surface area (Å²) in [5.74, 6) is -3.64. The Morgan fingerprint density at radius 3 is 2.31 bits per heavy atom. The van der Waals surface area contributed by atoms with Crippen LogP contribution in [0.2, 0.25) is 0 Å². The molecule has 8 nitrogen and oxygen atoms in total. The van der Waals surface area contributed by atoms with Crippen LogP contribution in [0.15, 0.2) is 11.8 Å². The van der Waals surface area contributed by atoms with Crippen LogP contribution in [-0.4, -0.2) is 39.8 Å². The molecule has 1 aromatic carbocycles. The van der Waals surface area contributed by atoms with Gasteiger partial charge in [0.1, 0.15) is 5.70 Å². The predicted octanol–water partition coefficient (Wildman–Crippen LogP) is 1.80. The summed E-state index contributed by atoms with van der Waals surface area (Å²) >= 11 is 0. The van der Waals surface area contributed by atoms with Gasteiger partial charge in [0.05, 0.1) is 18.2 Å². The average Bonchev–Trinajstić information content (AvgIpc) is 2.89. The van der Waals surface area contributed by atoms with Crippen molar-refractivity contribution in [2.75, 3.05) is 6.61 Å². The van der Waals surface area contributed by atoms with Gasteiger partial charge in [0, 0.05) is 11.1 Å². The molecular formula is C18H21NO7. The summed E-state index contributed by atoms with van der Waals surface area (Å²) < 4.78 is 5.54. The first-order valence-corrected chi connectivity index (χ1v) is 8.21. The highest BCUT2D eigenvalue weighted by Crippen LogP contribution is 2.47.